The van der Waals surface area contributed by atoms with Crippen molar-refractivity contribution in [2.45, 2.75) is 39.5 Å². The van der Waals surface area contributed by atoms with Crippen molar-refractivity contribution in [1.82, 2.24) is 14.3 Å². The predicted octanol–water partition coefficient (Wildman–Crippen LogP) is 2.92. The second-order valence-electron chi connectivity index (χ2n) is 8.63. The number of hydrogen-bond donors (Lipinski definition) is 1. The van der Waals surface area contributed by atoms with Gasteiger partial charge in [-0.05, 0) is 31.5 Å². The standard InChI is InChI=1S/C23H22N4O6S/c1-11-17(21-12(2)25-10-24-8-16(25)34-21)20(26-19(11)18(13(3)28)22(26)29)23(30)33-9-14-4-6-15(7-5-14)27(31)32/h4-8,10-11,13,18-19,28H,9H2,1-3H3/t11-,13+,18+,19+/m0/s1. The number of nitro groups is 1. The molecule has 1 amide bonds. The molecule has 0 spiro atoms. The van der Waals surface area contributed by atoms with Crippen LogP contribution >= 0.6 is 11.3 Å². The van der Waals surface area contributed by atoms with Crippen LogP contribution < -0.4 is 0 Å². The molecule has 10 nitrogen and oxygen atoms in total. The van der Waals surface area contributed by atoms with Crippen LogP contribution in [0.25, 0.3) is 10.4 Å². The van der Waals surface area contributed by atoms with E-state index in [9.17, 15) is 24.8 Å². The van der Waals surface area contributed by atoms with Gasteiger partial charge < -0.3 is 14.7 Å². The van der Waals surface area contributed by atoms with E-state index in [1.165, 1.54) is 40.5 Å². The van der Waals surface area contributed by atoms with Crippen molar-refractivity contribution in [1.29, 1.82) is 0 Å². The van der Waals surface area contributed by atoms with Crippen molar-refractivity contribution >= 4 is 39.3 Å². The minimum absolute atomic E-state index is 0.0538. The molecule has 4 atom stereocenters. The average Bonchev–Trinajstić information content (AvgIpc) is 3.44. The Morgan fingerprint density at radius 3 is 2.68 bits per heavy atom. The Labute approximate surface area is 198 Å². The Hall–Kier alpha value is -3.57. The molecule has 0 unspecified atom stereocenters. The Morgan fingerprint density at radius 1 is 1.35 bits per heavy atom. The molecule has 2 aliphatic heterocycles. The molecule has 176 valence electrons. The van der Waals surface area contributed by atoms with Crippen molar-refractivity contribution in [2.75, 3.05) is 0 Å². The van der Waals surface area contributed by atoms with E-state index >= 15 is 0 Å². The molecule has 0 radical (unpaired) electrons. The summed E-state index contributed by atoms with van der Waals surface area (Å²) in [5.74, 6) is -1.71. The fourth-order valence-electron chi connectivity index (χ4n) is 4.94. The van der Waals surface area contributed by atoms with E-state index in [-0.39, 0.29) is 35.9 Å². The van der Waals surface area contributed by atoms with E-state index in [0.29, 0.717) is 5.56 Å². The van der Waals surface area contributed by atoms with Crippen molar-refractivity contribution < 1.29 is 24.4 Å². The second kappa shape index (κ2) is 8.03. The van der Waals surface area contributed by atoms with E-state index in [1.807, 2.05) is 18.2 Å². The average molecular weight is 483 g/mol. The fourth-order valence-corrected chi connectivity index (χ4v) is 6.18. The Morgan fingerprint density at radius 2 is 2.06 bits per heavy atom. The summed E-state index contributed by atoms with van der Waals surface area (Å²) >= 11 is 1.48. The molecule has 0 aliphatic carbocycles. The molecule has 4 heterocycles. The molecule has 2 aromatic heterocycles. The maximum absolute atomic E-state index is 13.3. The smallest absolute Gasteiger partial charge is 0.355 e. The molecule has 0 saturated carbocycles. The summed E-state index contributed by atoms with van der Waals surface area (Å²) in [5, 5.41) is 21.1. The summed E-state index contributed by atoms with van der Waals surface area (Å²) in [4.78, 5) is 44.1. The molecule has 3 aromatic rings. The maximum atomic E-state index is 13.3. The summed E-state index contributed by atoms with van der Waals surface area (Å²) in [6, 6.07) is 5.42. The van der Waals surface area contributed by atoms with Crippen molar-refractivity contribution in [3.8, 4) is 0 Å². The number of carbonyl (C=O) groups excluding carboxylic acids is 2. The van der Waals surface area contributed by atoms with Crippen molar-refractivity contribution in [3.63, 3.8) is 0 Å². The number of nitro benzene ring substituents is 1. The Balaban J connectivity index is 1.50. The topological polar surface area (TPSA) is 127 Å². The largest absolute Gasteiger partial charge is 0.456 e. The van der Waals surface area contributed by atoms with Gasteiger partial charge >= 0.3 is 5.97 Å². The zero-order valence-corrected chi connectivity index (χ0v) is 19.5. The number of carbonyl (C=O) groups is 2. The summed E-state index contributed by atoms with van der Waals surface area (Å²) in [6.45, 7) is 5.38. The molecule has 5 rings (SSSR count). The first-order chi connectivity index (χ1) is 16.2. The summed E-state index contributed by atoms with van der Waals surface area (Å²) in [6.07, 6.45) is 2.61. The number of imidazole rings is 1. The lowest BCUT2D eigenvalue weighted by atomic mass is 9.77. The molecule has 1 aromatic carbocycles. The number of aliphatic hydroxyl groups is 1. The van der Waals surface area contributed by atoms with Gasteiger partial charge in [0.2, 0.25) is 5.91 Å². The summed E-state index contributed by atoms with van der Waals surface area (Å²) in [5.41, 5.74) is 2.36. The third-order valence-corrected chi connectivity index (χ3v) is 7.86. The van der Waals surface area contributed by atoms with Gasteiger partial charge in [-0.3, -0.25) is 19.3 Å². The van der Waals surface area contributed by atoms with Gasteiger partial charge in [0, 0.05) is 29.3 Å². The monoisotopic (exact) mass is 482 g/mol. The van der Waals surface area contributed by atoms with Crippen LogP contribution in [0.5, 0.6) is 0 Å². The van der Waals surface area contributed by atoms with Crippen LogP contribution in [-0.2, 0) is 20.9 Å². The van der Waals surface area contributed by atoms with Gasteiger partial charge in [0.25, 0.3) is 5.69 Å². The van der Waals surface area contributed by atoms with Gasteiger partial charge in [0.1, 0.15) is 23.5 Å². The summed E-state index contributed by atoms with van der Waals surface area (Å²) in [7, 11) is 0. The highest BCUT2D eigenvalue weighted by Crippen LogP contribution is 2.52. The lowest BCUT2D eigenvalue weighted by Crippen LogP contribution is -2.63. The van der Waals surface area contributed by atoms with E-state index in [2.05, 4.69) is 4.98 Å². The number of aryl methyl sites for hydroxylation is 1. The van der Waals surface area contributed by atoms with E-state index in [4.69, 9.17) is 4.74 Å². The van der Waals surface area contributed by atoms with Gasteiger partial charge in [0.05, 0.1) is 34.1 Å². The normalized spacial score (nSPS) is 22.6. The molecular formula is C23H22N4O6S. The first-order valence-corrected chi connectivity index (χ1v) is 11.6. The first-order valence-electron chi connectivity index (χ1n) is 10.8. The van der Waals surface area contributed by atoms with Gasteiger partial charge in [-0.15, -0.1) is 11.3 Å². The van der Waals surface area contributed by atoms with Crippen LogP contribution in [0.15, 0.2) is 42.5 Å². The summed E-state index contributed by atoms with van der Waals surface area (Å²) < 4.78 is 7.50. The molecule has 34 heavy (non-hydrogen) atoms. The van der Waals surface area contributed by atoms with Crippen LogP contribution in [-0.4, -0.2) is 48.3 Å². The number of non-ortho nitro benzene ring substituents is 1. The van der Waals surface area contributed by atoms with E-state index in [1.54, 1.807) is 19.4 Å². The number of aromatic nitrogens is 2. The third-order valence-electron chi connectivity index (χ3n) is 6.63. The molecule has 1 saturated heterocycles. The molecule has 1 fully saturated rings. The second-order valence-corrected chi connectivity index (χ2v) is 9.66. The number of amides is 1. The van der Waals surface area contributed by atoms with Gasteiger partial charge in [-0.1, -0.05) is 6.92 Å². The van der Waals surface area contributed by atoms with Gasteiger partial charge in [-0.2, -0.15) is 0 Å². The maximum Gasteiger partial charge on any atom is 0.355 e. The quantitative estimate of drug-likeness (QED) is 0.248. The lowest BCUT2D eigenvalue weighted by Gasteiger charge is -2.46. The molecular weight excluding hydrogens is 460 g/mol. The number of ether oxygens (including phenoxy) is 1. The molecule has 1 N–H and O–H groups in total. The van der Waals surface area contributed by atoms with Crippen LogP contribution in [0.1, 0.15) is 30.0 Å². The zero-order valence-electron chi connectivity index (χ0n) is 18.7. The number of fused-ring (bicyclic) bond motifs is 2. The zero-order chi connectivity index (χ0) is 24.3. The number of benzene rings is 1. The van der Waals surface area contributed by atoms with Gasteiger partial charge in [-0.25, -0.2) is 9.78 Å². The van der Waals surface area contributed by atoms with Crippen LogP contribution in [0.3, 0.4) is 0 Å². The van der Waals surface area contributed by atoms with Gasteiger partial charge in [0.15, 0.2) is 0 Å². The number of esters is 1. The highest BCUT2D eigenvalue weighted by molar-refractivity contribution is 7.18. The predicted molar refractivity (Wildman–Crippen MR) is 123 cm³/mol. The number of rotatable bonds is 6. The highest BCUT2D eigenvalue weighted by Gasteiger charge is 2.60. The lowest BCUT2D eigenvalue weighted by molar-refractivity contribution is -0.384. The number of thiazole rings is 1. The number of aliphatic hydroxyl groups excluding tert-OH is 1. The fraction of sp³-hybridized carbons (Fsp3) is 0.348. The Kier molecular flexibility index (Phi) is 5.25. The van der Waals surface area contributed by atoms with Crippen LogP contribution in [0.2, 0.25) is 0 Å². The minimum atomic E-state index is -0.836. The molecule has 11 heteroatoms. The Bertz CT molecular complexity index is 1360. The minimum Gasteiger partial charge on any atom is -0.456 e. The van der Waals surface area contributed by atoms with E-state index in [0.717, 1.165) is 21.0 Å². The number of nitrogens with zero attached hydrogens (tertiary/aromatic N) is 4. The third kappa shape index (κ3) is 3.23. The molecule has 2 aliphatic rings. The van der Waals surface area contributed by atoms with Crippen LogP contribution in [0.4, 0.5) is 5.69 Å². The van der Waals surface area contributed by atoms with Crippen molar-refractivity contribution in [3.05, 3.63) is 68.7 Å². The molecule has 0 bridgehead atoms. The van der Waals surface area contributed by atoms with Crippen LogP contribution in [0, 0.1) is 28.9 Å². The van der Waals surface area contributed by atoms with E-state index < -0.39 is 22.9 Å². The van der Waals surface area contributed by atoms with Crippen molar-refractivity contribution in [2.24, 2.45) is 11.8 Å². The SMILES string of the molecule is Cc1c(C2=C(C(=O)OCc3ccc([N+](=O)[O-])cc3)N3C(=O)[C@H]([C@@H](C)O)[C@H]3[C@H]2C)sc2cncn12. The first kappa shape index (κ1) is 22.2. The number of hydrogen-bond acceptors (Lipinski definition) is 8. The highest BCUT2D eigenvalue weighted by atomic mass is 32.1. The number of β-lactam (4-membered cyclic amide) rings is 1.